The van der Waals surface area contributed by atoms with Gasteiger partial charge < -0.3 is 4.74 Å². The van der Waals surface area contributed by atoms with Crippen LogP contribution in [0.25, 0.3) is 5.57 Å². The van der Waals surface area contributed by atoms with Crippen LogP contribution in [0.4, 0.5) is 0 Å². The first-order valence-corrected chi connectivity index (χ1v) is 9.30. The fourth-order valence-corrected chi connectivity index (χ4v) is 3.39. The maximum Gasteiger partial charge on any atom is 0.317 e. The second-order valence-electron chi connectivity index (χ2n) is 8.19. The minimum atomic E-state index is -0.422. The normalized spacial score (nSPS) is 16.1. The summed E-state index contributed by atoms with van der Waals surface area (Å²) in [5.74, 6) is -0.0792. The van der Waals surface area contributed by atoms with Crippen LogP contribution in [-0.2, 0) is 16.0 Å². The third-order valence-corrected chi connectivity index (χ3v) is 4.58. The van der Waals surface area contributed by atoms with Crippen molar-refractivity contribution >= 4 is 17.4 Å². The van der Waals surface area contributed by atoms with Gasteiger partial charge in [-0.05, 0) is 31.0 Å². The number of rotatable bonds is 2. The van der Waals surface area contributed by atoms with Gasteiger partial charge in [0.05, 0.1) is 17.7 Å². The number of esters is 1. The van der Waals surface area contributed by atoms with E-state index in [1.54, 1.807) is 0 Å². The van der Waals surface area contributed by atoms with E-state index in [9.17, 15) is 10.1 Å². The minimum Gasteiger partial charge on any atom is -0.407 e. The molecule has 0 fully saturated rings. The molecule has 0 spiro atoms. The first-order valence-electron chi connectivity index (χ1n) is 9.30. The first kappa shape index (κ1) is 19.6. The number of aliphatic imine (C=N–C) groups is 1. The molecule has 28 heavy (non-hydrogen) atoms. The van der Waals surface area contributed by atoms with Gasteiger partial charge in [-0.2, -0.15) is 5.26 Å². The number of nitrogens with zero attached hydrogens (tertiary/aromatic N) is 2. The number of allylic oxidation sites excluding steroid dienone is 2. The van der Waals surface area contributed by atoms with Crippen LogP contribution in [0, 0.1) is 30.6 Å². The summed E-state index contributed by atoms with van der Waals surface area (Å²) in [6.07, 6.45) is 0.228. The van der Waals surface area contributed by atoms with Gasteiger partial charge in [0.1, 0.15) is 6.07 Å². The van der Waals surface area contributed by atoms with Crippen molar-refractivity contribution in [3.8, 4) is 6.07 Å². The van der Waals surface area contributed by atoms with Crippen LogP contribution in [0.5, 0.6) is 0 Å². The Morgan fingerprint density at radius 2 is 1.75 bits per heavy atom. The zero-order valence-corrected chi connectivity index (χ0v) is 17.0. The fourth-order valence-electron chi connectivity index (χ4n) is 3.39. The van der Waals surface area contributed by atoms with E-state index in [0.29, 0.717) is 11.3 Å². The van der Waals surface area contributed by atoms with Gasteiger partial charge in [0, 0.05) is 11.0 Å². The third kappa shape index (κ3) is 4.04. The molecule has 2 aromatic rings. The second kappa shape index (κ2) is 7.44. The van der Waals surface area contributed by atoms with Gasteiger partial charge in [0.15, 0.2) is 0 Å². The zero-order chi connectivity index (χ0) is 20.5. The average Bonchev–Trinajstić information content (AvgIpc) is 2.59. The minimum absolute atomic E-state index is 0.228. The average molecular weight is 372 g/mol. The number of fused-ring (bicyclic) bond motifs is 1. The van der Waals surface area contributed by atoms with Gasteiger partial charge in [-0.15, -0.1) is 0 Å². The summed E-state index contributed by atoms with van der Waals surface area (Å²) in [4.78, 5) is 16.8. The van der Waals surface area contributed by atoms with Crippen molar-refractivity contribution in [2.24, 2.45) is 10.4 Å². The first-order chi connectivity index (χ1) is 13.2. The van der Waals surface area contributed by atoms with Gasteiger partial charge in [-0.1, -0.05) is 68.3 Å². The SMILES string of the molecule is Cc1cc(C)cc(C(C#N)=C(N=C2OC(=O)Cc3ccccc32)C(C)(C)C)c1. The quantitative estimate of drug-likeness (QED) is 0.542. The Labute approximate surface area is 166 Å². The summed E-state index contributed by atoms with van der Waals surface area (Å²) in [6, 6.07) is 16.0. The van der Waals surface area contributed by atoms with Crippen molar-refractivity contribution in [3.63, 3.8) is 0 Å². The number of benzene rings is 2. The monoisotopic (exact) mass is 372 g/mol. The molecule has 0 atom stereocenters. The number of nitriles is 1. The van der Waals surface area contributed by atoms with E-state index >= 15 is 0 Å². The highest BCUT2D eigenvalue weighted by molar-refractivity contribution is 6.06. The molecular weight excluding hydrogens is 348 g/mol. The molecule has 0 N–H and O–H groups in total. The third-order valence-electron chi connectivity index (χ3n) is 4.58. The number of cyclic esters (lactones) is 1. The van der Waals surface area contributed by atoms with Crippen LogP contribution in [0.3, 0.4) is 0 Å². The number of hydrogen-bond acceptors (Lipinski definition) is 4. The van der Waals surface area contributed by atoms with Crippen LogP contribution < -0.4 is 0 Å². The molecule has 0 saturated carbocycles. The van der Waals surface area contributed by atoms with Crippen molar-refractivity contribution in [1.82, 2.24) is 0 Å². The van der Waals surface area contributed by atoms with Crippen LogP contribution in [0.2, 0.25) is 0 Å². The predicted octanol–water partition coefficient (Wildman–Crippen LogP) is 5.13. The Morgan fingerprint density at radius 1 is 1.11 bits per heavy atom. The molecule has 4 nitrogen and oxygen atoms in total. The van der Waals surface area contributed by atoms with Crippen LogP contribution >= 0.6 is 0 Å². The molecule has 142 valence electrons. The smallest absolute Gasteiger partial charge is 0.317 e. The molecule has 4 heteroatoms. The largest absolute Gasteiger partial charge is 0.407 e. The van der Waals surface area contributed by atoms with E-state index in [4.69, 9.17) is 9.73 Å². The van der Waals surface area contributed by atoms with Crippen LogP contribution in [0.1, 0.15) is 48.6 Å². The van der Waals surface area contributed by atoms with E-state index in [1.807, 2.05) is 71.0 Å². The number of ether oxygens (including phenoxy) is 1. The van der Waals surface area contributed by atoms with E-state index in [1.165, 1.54) is 0 Å². The molecule has 2 aromatic carbocycles. The lowest BCUT2D eigenvalue weighted by atomic mass is 9.86. The summed E-state index contributed by atoms with van der Waals surface area (Å²) in [6.45, 7) is 10.0. The van der Waals surface area contributed by atoms with Crippen LogP contribution in [0.15, 0.2) is 53.2 Å². The summed E-state index contributed by atoms with van der Waals surface area (Å²) < 4.78 is 5.48. The molecule has 0 amide bonds. The molecule has 0 radical (unpaired) electrons. The number of hydrogen-bond donors (Lipinski definition) is 0. The maximum atomic E-state index is 12.1. The lowest BCUT2D eigenvalue weighted by Crippen LogP contribution is -2.25. The second-order valence-corrected chi connectivity index (χ2v) is 8.19. The van der Waals surface area contributed by atoms with Gasteiger partial charge in [-0.3, -0.25) is 4.79 Å². The number of carbonyl (C=O) groups is 1. The summed E-state index contributed by atoms with van der Waals surface area (Å²) >= 11 is 0. The Kier molecular flexibility index (Phi) is 5.20. The van der Waals surface area contributed by atoms with Gasteiger partial charge in [0.25, 0.3) is 0 Å². The molecular formula is C24H24N2O2. The molecule has 0 bridgehead atoms. The fraction of sp³-hybridized carbons (Fsp3) is 0.292. The Morgan fingerprint density at radius 3 is 2.36 bits per heavy atom. The predicted molar refractivity (Wildman–Crippen MR) is 111 cm³/mol. The van der Waals surface area contributed by atoms with E-state index in [-0.39, 0.29) is 18.3 Å². The molecule has 0 aromatic heterocycles. The zero-order valence-electron chi connectivity index (χ0n) is 17.0. The number of aryl methyl sites for hydroxylation is 2. The van der Waals surface area contributed by atoms with Crippen molar-refractivity contribution in [1.29, 1.82) is 5.26 Å². The van der Waals surface area contributed by atoms with Gasteiger partial charge in [0.2, 0.25) is 5.90 Å². The Bertz CT molecular complexity index is 1030. The number of carbonyl (C=O) groups excluding carboxylic acids is 1. The van der Waals surface area contributed by atoms with Gasteiger partial charge in [-0.25, -0.2) is 4.99 Å². The Hall–Kier alpha value is -3.19. The highest BCUT2D eigenvalue weighted by Crippen LogP contribution is 2.35. The van der Waals surface area contributed by atoms with Crippen molar-refractivity contribution in [2.45, 2.75) is 41.0 Å². The van der Waals surface area contributed by atoms with E-state index in [2.05, 4.69) is 12.1 Å². The van der Waals surface area contributed by atoms with E-state index < -0.39 is 5.41 Å². The molecule has 3 rings (SSSR count). The molecule has 0 unspecified atom stereocenters. The summed E-state index contributed by atoms with van der Waals surface area (Å²) in [7, 11) is 0. The molecule has 1 heterocycles. The topological polar surface area (TPSA) is 62.4 Å². The van der Waals surface area contributed by atoms with E-state index in [0.717, 1.165) is 27.8 Å². The lowest BCUT2D eigenvalue weighted by Gasteiger charge is -2.24. The lowest BCUT2D eigenvalue weighted by molar-refractivity contribution is -0.135. The standard InChI is InChI=1S/C24H24N2O2/c1-15-10-16(2)12-18(11-15)20(14-25)22(24(3,4)5)26-23-19-9-7-6-8-17(19)13-21(27)28-23/h6-12H,13H2,1-5H3. The van der Waals surface area contributed by atoms with Crippen molar-refractivity contribution in [2.75, 3.05) is 0 Å². The summed E-state index contributed by atoms with van der Waals surface area (Å²) in [5, 5.41) is 9.99. The summed E-state index contributed by atoms with van der Waals surface area (Å²) in [5.41, 5.74) is 5.33. The Balaban J connectivity index is 2.27. The highest BCUT2D eigenvalue weighted by Gasteiger charge is 2.28. The molecule has 1 aliphatic heterocycles. The van der Waals surface area contributed by atoms with Crippen molar-refractivity contribution < 1.29 is 9.53 Å². The molecule has 1 aliphatic rings. The van der Waals surface area contributed by atoms with Crippen molar-refractivity contribution in [3.05, 3.63) is 76.0 Å². The van der Waals surface area contributed by atoms with Gasteiger partial charge >= 0.3 is 5.97 Å². The van der Waals surface area contributed by atoms with Crippen LogP contribution in [-0.4, -0.2) is 11.9 Å². The maximum absolute atomic E-state index is 12.1. The molecule has 0 saturated heterocycles. The highest BCUT2D eigenvalue weighted by atomic mass is 16.5. The molecule has 0 aliphatic carbocycles.